The van der Waals surface area contributed by atoms with Crippen LogP contribution in [-0.2, 0) is 11.0 Å². The van der Waals surface area contributed by atoms with Gasteiger partial charge in [-0.3, -0.25) is 4.84 Å². The zero-order valence-corrected chi connectivity index (χ0v) is 9.06. The van der Waals surface area contributed by atoms with Gasteiger partial charge in [-0.2, -0.15) is 13.2 Å². The van der Waals surface area contributed by atoms with Crippen LogP contribution in [0.5, 0.6) is 0 Å². The Hall–Kier alpha value is -1.52. The third-order valence-electron chi connectivity index (χ3n) is 1.99. The lowest BCUT2D eigenvalue weighted by atomic mass is 10.1. The topological polar surface area (TPSA) is 23.2 Å². The van der Waals surface area contributed by atoms with E-state index in [1.165, 1.54) is 6.07 Å². The third kappa shape index (κ3) is 3.25. The number of hydrogen-bond acceptors (Lipinski definition) is 1. The van der Waals surface area contributed by atoms with Crippen LogP contribution in [0.4, 0.5) is 13.2 Å². The molecule has 1 aromatic rings. The van der Waals surface area contributed by atoms with Crippen LogP contribution in [0.1, 0.15) is 25.0 Å². The van der Waals surface area contributed by atoms with E-state index in [9.17, 15) is 13.2 Å². The molecule has 0 unspecified atom stereocenters. The fourth-order valence-electron chi connectivity index (χ4n) is 1.17. The minimum absolute atomic E-state index is 0.441. The van der Waals surface area contributed by atoms with Crippen LogP contribution in [0.3, 0.4) is 0 Å². The molecule has 0 saturated heterocycles. The Balaban J connectivity index is 2.99. The molecule has 16 heavy (non-hydrogen) atoms. The summed E-state index contributed by atoms with van der Waals surface area (Å²) < 4.78 is 37.3. The summed E-state index contributed by atoms with van der Waals surface area (Å²) in [6.07, 6.45) is -4.32. The highest BCUT2D eigenvalue weighted by Gasteiger charge is 2.30. The average Bonchev–Trinajstić information content (AvgIpc) is 2.25. The van der Waals surface area contributed by atoms with E-state index >= 15 is 0 Å². The first-order valence-electron chi connectivity index (χ1n) is 4.84. The Bertz CT molecular complexity index is 385. The van der Waals surface area contributed by atoms with E-state index in [4.69, 9.17) is 4.84 Å². The van der Waals surface area contributed by atoms with Crippen LogP contribution in [0, 0.1) is 0 Å². The van der Waals surface area contributed by atoms with Crippen LogP contribution in [-0.4, -0.2) is 12.3 Å². The van der Waals surface area contributed by atoms with Crippen LogP contribution in [0.15, 0.2) is 24.3 Å². The lowest BCUT2D eigenvalue weighted by Gasteiger charge is -2.06. The van der Waals surface area contributed by atoms with Gasteiger partial charge in [0.25, 0.3) is 0 Å². The quantitative estimate of drug-likeness (QED) is 0.620. The molecule has 0 bridgehead atoms. The van der Waals surface area contributed by atoms with Gasteiger partial charge in [0, 0.05) is 12.5 Å². The highest BCUT2D eigenvalue weighted by Crippen LogP contribution is 2.29. The summed E-state index contributed by atoms with van der Waals surface area (Å²) in [6.45, 7) is 3.88. The second kappa shape index (κ2) is 5.01. The minimum atomic E-state index is -4.32. The fraction of sp³-hybridized carbons (Fsp3) is 0.364. The van der Waals surface area contributed by atoms with E-state index in [0.717, 1.165) is 12.1 Å². The molecular weight excluding hydrogens is 219 g/mol. The molecule has 1 rings (SSSR count). The molecule has 88 valence electrons. The Morgan fingerprint density at radius 1 is 1.38 bits per heavy atom. The maximum absolute atomic E-state index is 12.4. The van der Waals surface area contributed by atoms with Crippen molar-refractivity contribution in [2.24, 2.45) is 0 Å². The molecule has 0 heterocycles. The lowest BCUT2D eigenvalue weighted by molar-refractivity contribution is -0.752. The summed E-state index contributed by atoms with van der Waals surface area (Å²) in [4.78, 5) is 4.91. The monoisotopic (exact) mass is 232 g/mol. The number of nitrogens with one attached hydrogen (secondary N) is 1. The van der Waals surface area contributed by atoms with E-state index < -0.39 is 11.7 Å². The van der Waals surface area contributed by atoms with Gasteiger partial charge in [-0.05, 0) is 30.3 Å². The van der Waals surface area contributed by atoms with E-state index in [-0.39, 0.29) is 0 Å². The predicted octanol–water partition coefficient (Wildman–Crippen LogP) is 1.55. The predicted molar refractivity (Wildman–Crippen MR) is 53.8 cm³/mol. The molecule has 0 aliphatic carbocycles. The molecule has 2 nitrogen and oxygen atoms in total. The Kier molecular flexibility index (Phi) is 3.93. The molecule has 0 radical (unpaired) electrons. The van der Waals surface area contributed by atoms with Gasteiger partial charge in [-0.15, -0.1) is 0 Å². The van der Waals surface area contributed by atoms with Gasteiger partial charge in [0.2, 0.25) is 5.71 Å². The van der Waals surface area contributed by atoms with E-state index in [0.29, 0.717) is 17.9 Å². The lowest BCUT2D eigenvalue weighted by Crippen LogP contribution is -2.71. The standard InChI is InChI=1S/C11H12F3NO/c1-3-16-15-8(2)9-5-4-6-10(7-9)11(12,13)14/h4-7H,3H2,1-2H3/p+1/b15-8+. The number of rotatable bonds is 3. The molecular formula is C11H13F3NO+. The molecule has 0 aromatic heterocycles. The molecule has 0 spiro atoms. The van der Waals surface area contributed by atoms with Crippen molar-refractivity contribution in [1.29, 1.82) is 0 Å². The molecule has 1 aromatic carbocycles. The Labute approximate surface area is 91.7 Å². The van der Waals surface area contributed by atoms with Crippen LogP contribution in [0.2, 0.25) is 0 Å². The van der Waals surface area contributed by atoms with Crippen molar-refractivity contribution in [1.82, 2.24) is 0 Å². The molecule has 0 amide bonds. The number of benzene rings is 1. The van der Waals surface area contributed by atoms with Crippen LogP contribution >= 0.6 is 0 Å². The van der Waals surface area contributed by atoms with Gasteiger partial charge < -0.3 is 0 Å². The van der Waals surface area contributed by atoms with E-state index in [2.05, 4.69) is 5.16 Å². The van der Waals surface area contributed by atoms with Crippen molar-refractivity contribution < 1.29 is 23.2 Å². The van der Waals surface area contributed by atoms with Gasteiger partial charge in [0.05, 0.1) is 5.56 Å². The van der Waals surface area contributed by atoms with Crippen molar-refractivity contribution in [2.45, 2.75) is 20.0 Å². The largest absolute Gasteiger partial charge is 0.416 e. The first-order chi connectivity index (χ1) is 7.45. The highest BCUT2D eigenvalue weighted by molar-refractivity contribution is 5.94. The van der Waals surface area contributed by atoms with E-state index in [1.54, 1.807) is 19.9 Å². The average molecular weight is 232 g/mol. The number of alkyl halides is 3. The second-order valence-corrected chi connectivity index (χ2v) is 3.24. The van der Waals surface area contributed by atoms with Crippen molar-refractivity contribution in [3.63, 3.8) is 0 Å². The summed E-state index contributed by atoms with van der Waals surface area (Å²) in [7, 11) is 0. The highest BCUT2D eigenvalue weighted by atomic mass is 19.4. The maximum Gasteiger partial charge on any atom is 0.416 e. The first-order valence-corrected chi connectivity index (χ1v) is 4.84. The molecule has 0 saturated carbocycles. The zero-order valence-electron chi connectivity index (χ0n) is 9.06. The van der Waals surface area contributed by atoms with Gasteiger partial charge >= 0.3 is 6.18 Å². The zero-order chi connectivity index (χ0) is 12.2. The van der Waals surface area contributed by atoms with Crippen LogP contribution < -0.4 is 5.16 Å². The van der Waals surface area contributed by atoms with Gasteiger partial charge in [0.15, 0.2) is 6.61 Å². The van der Waals surface area contributed by atoms with Crippen LogP contribution in [0.25, 0.3) is 0 Å². The molecule has 1 N–H and O–H groups in total. The Morgan fingerprint density at radius 3 is 2.62 bits per heavy atom. The fourth-order valence-corrected chi connectivity index (χ4v) is 1.17. The molecule has 0 fully saturated rings. The number of halogens is 3. The van der Waals surface area contributed by atoms with Crippen molar-refractivity contribution in [3.05, 3.63) is 35.4 Å². The van der Waals surface area contributed by atoms with Gasteiger partial charge in [0.1, 0.15) is 0 Å². The Morgan fingerprint density at radius 2 is 2.06 bits per heavy atom. The third-order valence-corrected chi connectivity index (χ3v) is 1.99. The number of hydrogen-bond donors (Lipinski definition) is 1. The summed E-state index contributed by atoms with van der Waals surface area (Å²) in [5, 5.41) is 2.58. The molecule has 0 aliphatic heterocycles. The van der Waals surface area contributed by atoms with Crippen molar-refractivity contribution >= 4 is 5.71 Å². The summed E-state index contributed by atoms with van der Waals surface area (Å²) in [5.41, 5.74) is 0.346. The van der Waals surface area contributed by atoms with Gasteiger partial charge in [-0.1, -0.05) is 6.07 Å². The van der Waals surface area contributed by atoms with Crippen molar-refractivity contribution in [2.75, 3.05) is 6.61 Å². The molecule has 0 aliphatic rings. The summed E-state index contributed by atoms with van der Waals surface area (Å²) >= 11 is 0. The van der Waals surface area contributed by atoms with Gasteiger partial charge in [-0.25, -0.2) is 0 Å². The van der Waals surface area contributed by atoms with E-state index in [1.807, 2.05) is 0 Å². The normalized spacial score (nSPS) is 12.7. The first kappa shape index (κ1) is 12.5. The second-order valence-electron chi connectivity index (χ2n) is 3.24. The summed E-state index contributed by atoms with van der Waals surface area (Å²) in [6, 6.07) is 5.09. The van der Waals surface area contributed by atoms with Crippen molar-refractivity contribution in [3.8, 4) is 0 Å². The SMILES string of the molecule is CCO/[NH+]=C(\C)c1cccc(C(F)(F)F)c1. The summed E-state index contributed by atoms with van der Waals surface area (Å²) in [5.74, 6) is 0. The molecule has 5 heteroatoms. The smallest absolute Gasteiger partial charge is 0.279 e. The minimum Gasteiger partial charge on any atom is -0.279 e. The maximum atomic E-state index is 12.4. The molecule has 0 atom stereocenters.